The highest BCUT2D eigenvalue weighted by atomic mass is 35.5. The zero-order chi connectivity index (χ0) is 11.5. The molecular formula is C12H11ClFNO. The third-order valence-corrected chi connectivity index (χ3v) is 2.44. The standard InChI is InChI=1S/C12H11ClFNO/c1-15-7-9-3-5-12(16-9)10-6-8(13)2-4-11(10)14/h2-6,15H,7H2,1H3. The van der Waals surface area contributed by atoms with E-state index in [1.54, 1.807) is 12.1 Å². The zero-order valence-corrected chi connectivity index (χ0v) is 9.51. The van der Waals surface area contributed by atoms with Crippen LogP contribution in [0.2, 0.25) is 5.02 Å². The average Bonchev–Trinajstić information content (AvgIpc) is 2.71. The van der Waals surface area contributed by atoms with Crippen molar-refractivity contribution < 1.29 is 8.81 Å². The van der Waals surface area contributed by atoms with E-state index in [9.17, 15) is 4.39 Å². The minimum absolute atomic E-state index is 0.338. The zero-order valence-electron chi connectivity index (χ0n) is 8.76. The molecule has 1 aromatic heterocycles. The van der Waals surface area contributed by atoms with E-state index in [0.29, 0.717) is 22.9 Å². The fourth-order valence-electron chi connectivity index (χ4n) is 1.48. The van der Waals surface area contributed by atoms with Crippen LogP contribution in [0.5, 0.6) is 0 Å². The topological polar surface area (TPSA) is 25.2 Å². The Kier molecular flexibility index (Phi) is 3.27. The Morgan fingerprint density at radius 1 is 1.31 bits per heavy atom. The Balaban J connectivity index is 2.38. The first kappa shape index (κ1) is 11.2. The van der Waals surface area contributed by atoms with Crippen molar-refractivity contribution in [1.82, 2.24) is 5.32 Å². The molecule has 84 valence electrons. The second kappa shape index (κ2) is 4.68. The third kappa shape index (κ3) is 2.26. The molecule has 16 heavy (non-hydrogen) atoms. The van der Waals surface area contributed by atoms with Gasteiger partial charge in [-0.1, -0.05) is 11.6 Å². The highest BCUT2D eigenvalue weighted by Crippen LogP contribution is 2.27. The van der Waals surface area contributed by atoms with Crippen molar-refractivity contribution in [3.8, 4) is 11.3 Å². The van der Waals surface area contributed by atoms with Crippen molar-refractivity contribution in [2.75, 3.05) is 7.05 Å². The summed E-state index contributed by atoms with van der Waals surface area (Å²) in [7, 11) is 1.82. The summed E-state index contributed by atoms with van der Waals surface area (Å²) in [5.41, 5.74) is 0.384. The van der Waals surface area contributed by atoms with Gasteiger partial charge in [-0.25, -0.2) is 4.39 Å². The van der Waals surface area contributed by atoms with Crippen molar-refractivity contribution in [2.24, 2.45) is 0 Å². The van der Waals surface area contributed by atoms with E-state index in [2.05, 4.69) is 5.32 Å². The lowest BCUT2D eigenvalue weighted by molar-refractivity contribution is 0.503. The van der Waals surface area contributed by atoms with Gasteiger partial charge in [0.1, 0.15) is 17.3 Å². The van der Waals surface area contributed by atoms with Crippen LogP contribution in [0.4, 0.5) is 4.39 Å². The van der Waals surface area contributed by atoms with E-state index >= 15 is 0 Å². The normalized spacial score (nSPS) is 10.7. The van der Waals surface area contributed by atoms with E-state index in [1.807, 2.05) is 13.1 Å². The number of hydrogen-bond acceptors (Lipinski definition) is 2. The lowest BCUT2D eigenvalue weighted by Crippen LogP contribution is -2.03. The van der Waals surface area contributed by atoms with Crippen LogP contribution in [0.15, 0.2) is 34.7 Å². The molecule has 0 bridgehead atoms. The second-order valence-electron chi connectivity index (χ2n) is 3.42. The van der Waals surface area contributed by atoms with Gasteiger partial charge in [0.15, 0.2) is 0 Å². The van der Waals surface area contributed by atoms with Crippen LogP contribution in [0.25, 0.3) is 11.3 Å². The highest BCUT2D eigenvalue weighted by molar-refractivity contribution is 6.30. The van der Waals surface area contributed by atoms with Crippen molar-refractivity contribution in [1.29, 1.82) is 0 Å². The van der Waals surface area contributed by atoms with Crippen molar-refractivity contribution >= 4 is 11.6 Å². The molecule has 0 aliphatic heterocycles. The molecule has 4 heteroatoms. The number of nitrogens with one attached hydrogen (secondary N) is 1. The lowest BCUT2D eigenvalue weighted by atomic mass is 10.1. The first-order chi connectivity index (χ1) is 7.70. The van der Waals surface area contributed by atoms with Gasteiger partial charge < -0.3 is 9.73 Å². The molecule has 1 N–H and O–H groups in total. The third-order valence-electron chi connectivity index (χ3n) is 2.21. The Morgan fingerprint density at radius 2 is 2.12 bits per heavy atom. The van der Waals surface area contributed by atoms with Crippen LogP contribution < -0.4 is 5.32 Å². The fraction of sp³-hybridized carbons (Fsp3) is 0.167. The van der Waals surface area contributed by atoms with Crippen LogP contribution >= 0.6 is 11.6 Å². The summed E-state index contributed by atoms with van der Waals surface area (Å²) in [6.45, 7) is 0.613. The quantitative estimate of drug-likeness (QED) is 0.888. The predicted octanol–water partition coefficient (Wildman–Crippen LogP) is 3.46. The maximum Gasteiger partial charge on any atom is 0.137 e. The molecule has 0 fully saturated rings. The summed E-state index contributed by atoms with van der Waals surface area (Å²) in [4.78, 5) is 0. The molecule has 0 spiro atoms. The van der Waals surface area contributed by atoms with Crippen LogP contribution in [0.3, 0.4) is 0 Å². The molecule has 1 aromatic carbocycles. The number of benzene rings is 1. The summed E-state index contributed by atoms with van der Waals surface area (Å²) < 4.78 is 19.0. The van der Waals surface area contributed by atoms with Crippen molar-refractivity contribution in [3.05, 3.63) is 46.9 Å². The molecule has 0 radical (unpaired) electrons. The van der Waals surface area contributed by atoms with Crippen molar-refractivity contribution in [3.63, 3.8) is 0 Å². The summed E-state index contributed by atoms with van der Waals surface area (Å²) in [6, 6.07) is 7.95. The number of halogens is 2. The molecule has 0 amide bonds. The van der Waals surface area contributed by atoms with Crippen LogP contribution in [0.1, 0.15) is 5.76 Å². The Morgan fingerprint density at radius 3 is 2.88 bits per heavy atom. The van der Waals surface area contributed by atoms with Gasteiger partial charge >= 0.3 is 0 Å². The maximum absolute atomic E-state index is 13.5. The molecule has 2 aromatic rings. The van der Waals surface area contributed by atoms with Gasteiger partial charge in [0.25, 0.3) is 0 Å². The van der Waals surface area contributed by atoms with Crippen LogP contribution in [0, 0.1) is 5.82 Å². The van der Waals surface area contributed by atoms with E-state index < -0.39 is 0 Å². The molecule has 0 saturated carbocycles. The van der Waals surface area contributed by atoms with E-state index in [4.69, 9.17) is 16.0 Å². The number of furan rings is 1. The summed E-state index contributed by atoms with van der Waals surface area (Å²) >= 11 is 5.81. The monoisotopic (exact) mass is 239 g/mol. The SMILES string of the molecule is CNCc1ccc(-c2cc(Cl)ccc2F)o1. The van der Waals surface area contributed by atoms with Gasteiger partial charge in [-0.3, -0.25) is 0 Å². The van der Waals surface area contributed by atoms with Gasteiger partial charge in [0.05, 0.1) is 12.1 Å². The Hall–Kier alpha value is -1.32. The first-order valence-electron chi connectivity index (χ1n) is 4.89. The van der Waals surface area contributed by atoms with Crippen LogP contribution in [-0.2, 0) is 6.54 Å². The van der Waals surface area contributed by atoms with Crippen molar-refractivity contribution in [2.45, 2.75) is 6.54 Å². The number of hydrogen-bond donors (Lipinski definition) is 1. The molecule has 2 nitrogen and oxygen atoms in total. The van der Waals surface area contributed by atoms with Gasteiger partial charge in [-0.15, -0.1) is 0 Å². The largest absolute Gasteiger partial charge is 0.460 e. The lowest BCUT2D eigenvalue weighted by Gasteiger charge is -2.00. The van der Waals surface area contributed by atoms with Gasteiger partial charge in [-0.2, -0.15) is 0 Å². The first-order valence-corrected chi connectivity index (χ1v) is 5.27. The maximum atomic E-state index is 13.5. The molecule has 0 atom stereocenters. The molecule has 2 rings (SSSR count). The molecule has 0 aliphatic carbocycles. The Bertz CT molecular complexity index is 496. The molecule has 0 aliphatic rings. The van der Waals surface area contributed by atoms with E-state index in [-0.39, 0.29) is 5.82 Å². The smallest absolute Gasteiger partial charge is 0.137 e. The summed E-state index contributed by atoms with van der Waals surface area (Å²) in [6.07, 6.45) is 0. The summed E-state index contributed by atoms with van der Waals surface area (Å²) in [5, 5.41) is 3.45. The second-order valence-corrected chi connectivity index (χ2v) is 3.86. The van der Waals surface area contributed by atoms with Gasteiger partial charge in [0, 0.05) is 5.02 Å². The minimum atomic E-state index is -0.338. The summed E-state index contributed by atoms with van der Waals surface area (Å²) in [5.74, 6) is 0.914. The van der Waals surface area contributed by atoms with E-state index in [1.165, 1.54) is 12.1 Å². The number of rotatable bonds is 3. The predicted molar refractivity (Wildman–Crippen MR) is 61.9 cm³/mol. The van der Waals surface area contributed by atoms with Crippen LogP contribution in [-0.4, -0.2) is 7.05 Å². The van der Waals surface area contributed by atoms with Gasteiger partial charge in [0.2, 0.25) is 0 Å². The highest BCUT2D eigenvalue weighted by Gasteiger charge is 2.10. The fourth-order valence-corrected chi connectivity index (χ4v) is 1.65. The van der Waals surface area contributed by atoms with Gasteiger partial charge in [-0.05, 0) is 37.4 Å². The molecule has 1 heterocycles. The molecular weight excluding hydrogens is 229 g/mol. The molecule has 0 saturated heterocycles. The Labute approximate surface area is 98.0 Å². The molecule has 0 unspecified atom stereocenters. The van der Waals surface area contributed by atoms with E-state index in [0.717, 1.165) is 5.76 Å². The average molecular weight is 240 g/mol. The minimum Gasteiger partial charge on any atom is -0.460 e.